The maximum atomic E-state index is 6.71. The molecule has 56 heavy (non-hydrogen) atoms. The van der Waals surface area contributed by atoms with E-state index in [-0.39, 0.29) is 0 Å². The highest BCUT2D eigenvalue weighted by Gasteiger charge is 2.54. The van der Waals surface area contributed by atoms with Crippen LogP contribution in [0.4, 0.5) is 0 Å². The van der Waals surface area contributed by atoms with Crippen molar-refractivity contribution in [3.05, 3.63) is 216 Å². The zero-order chi connectivity index (χ0) is 36.8. The van der Waals surface area contributed by atoms with Gasteiger partial charge in [0.1, 0.15) is 11.3 Å². The zero-order valence-electron chi connectivity index (χ0n) is 30.3. The van der Waals surface area contributed by atoms with Crippen LogP contribution in [0.1, 0.15) is 22.3 Å². The fourth-order valence-electron chi connectivity index (χ4n) is 9.41. The van der Waals surface area contributed by atoms with Crippen LogP contribution >= 0.6 is 0 Å². The Balaban J connectivity index is 1.00. The molecule has 0 bridgehead atoms. The summed E-state index contributed by atoms with van der Waals surface area (Å²) in [5.41, 5.74) is 16.5. The Hall–Kier alpha value is -7.36. The molecule has 10 aromatic rings. The molecule has 2 aromatic heterocycles. The van der Waals surface area contributed by atoms with Crippen molar-refractivity contribution in [2.24, 2.45) is 0 Å². The summed E-state index contributed by atoms with van der Waals surface area (Å²) >= 11 is 0. The number of para-hydroxylation sites is 1. The molecule has 0 saturated heterocycles. The smallest absolute Gasteiger partial charge is 0.160 e. The van der Waals surface area contributed by atoms with Crippen molar-refractivity contribution in [2.45, 2.75) is 5.41 Å². The third-order valence-electron chi connectivity index (χ3n) is 11.9. The van der Waals surface area contributed by atoms with E-state index >= 15 is 0 Å². The molecule has 2 aliphatic rings. The van der Waals surface area contributed by atoms with Gasteiger partial charge in [-0.1, -0.05) is 170 Å². The first-order chi connectivity index (χ1) is 27.7. The second kappa shape index (κ2) is 11.8. The van der Waals surface area contributed by atoms with Gasteiger partial charge in [0.25, 0.3) is 0 Å². The molecule has 0 saturated carbocycles. The van der Waals surface area contributed by atoms with E-state index in [1.807, 2.05) is 18.2 Å². The fourth-order valence-corrected chi connectivity index (χ4v) is 9.41. The van der Waals surface area contributed by atoms with Crippen molar-refractivity contribution in [1.82, 2.24) is 9.97 Å². The van der Waals surface area contributed by atoms with Gasteiger partial charge in [0.15, 0.2) is 5.82 Å². The van der Waals surface area contributed by atoms with Gasteiger partial charge in [0.05, 0.1) is 16.8 Å². The van der Waals surface area contributed by atoms with E-state index < -0.39 is 5.41 Å². The van der Waals surface area contributed by atoms with Gasteiger partial charge in [-0.25, -0.2) is 9.97 Å². The number of furan rings is 1. The van der Waals surface area contributed by atoms with Gasteiger partial charge in [-0.15, -0.1) is 0 Å². The predicted molar refractivity (Wildman–Crippen MR) is 227 cm³/mol. The monoisotopic (exact) mass is 712 g/mol. The quantitative estimate of drug-likeness (QED) is 0.182. The normalized spacial score (nSPS) is 14.9. The first-order valence-electron chi connectivity index (χ1n) is 19.1. The molecular formula is C53H32N2O. The van der Waals surface area contributed by atoms with Crippen LogP contribution in [0.2, 0.25) is 0 Å². The van der Waals surface area contributed by atoms with E-state index in [0.717, 1.165) is 45.0 Å². The number of benzene rings is 8. The van der Waals surface area contributed by atoms with E-state index in [1.54, 1.807) is 0 Å². The maximum absolute atomic E-state index is 6.71. The van der Waals surface area contributed by atoms with Crippen molar-refractivity contribution < 1.29 is 4.42 Å². The summed E-state index contributed by atoms with van der Waals surface area (Å²) in [7, 11) is 0. The predicted octanol–water partition coefficient (Wildman–Crippen LogP) is 13.4. The molecule has 0 amide bonds. The van der Waals surface area contributed by atoms with Crippen LogP contribution in [0.15, 0.2) is 199 Å². The lowest BCUT2D eigenvalue weighted by Gasteiger charge is -2.30. The summed E-state index contributed by atoms with van der Waals surface area (Å²) in [4.78, 5) is 10.2. The molecule has 260 valence electrons. The average molecular weight is 713 g/mol. The van der Waals surface area contributed by atoms with Gasteiger partial charge in [0.2, 0.25) is 0 Å². The lowest BCUT2D eigenvalue weighted by Crippen LogP contribution is -2.25. The highest BCUT2D eigenvalue weighted by Crippen LogP contribution is 2.65. The molecule has 2 aliphatic carbocycles. The number of hydrogen-bond acceptors (Lipinski definition) is 3. The topological polar surface area (TPSA) is 38.9 Å². The van der Waals surface area contributed by atoms with Gasteiger partial charge >= 0.3 is 0 Å². The lowest BCUT2D eigenvalue weighted by atomic mass is 9.70. The first-order valence-corrected chi connectivity index (χ1v) is 19.1. The minimum absolute atomic E-state index is 0.492. The van der Waals surface area contributed by atoms with Crippen molar-refractivity contribution in [1.29, 1.82) is 0 Å². The number of rotatable bonds is 4. The van der Waals surface area contributed by atoms with Crippen LogP contribution in [0.3, 0.4) is 0 Å². The van der Waals surface area contributed by atoms with E-state index in [1.165, 1.54) is 60.7 Å². The van der Waals surface area contributed by atoms with Crippen LogP contribution in [-0.4, -0.2) is 9.97 Å². The number of nitrogens with zero attached hydrogens (tertiary/aromatic N) is 2. The molecule has 3 nitrogen and oxygen atoms in total. The second-order valence-electron chi connectivity index (χ2n) is 14.9. The Bertz CT molecular complexity index is 3200. The Labute approximate surface area is 324 Å². The zero-order valence-corrected chi connectivity index (χ0v) is 30.3. The Morgan fingerprint density at radius 2 is 0.982 bits per heavy atom. The second-order valence-corrected chi connectivity index (χ2v) is 14.9. The van der Waals surface area contributed by atoms with Crippen LogP contribution in [-0.2, 0) is 5.41 Å². The summed E-state index contributed by atoms with van der Waals surface area (Å²) in [5, 5.41) is 3.56. The standard InChI is InChI=1S/C53H32N2O/c1-2-13-36(14-3-1)52-54-47(32-48(55-52)39-27-24-33-12-4-5-15-37(33)30-39)35-25-22-34(23-26-35)38-28-29-41-40-16-6-9-19-44(40)53(46(41)31-38)45-20-10-7-17-42(45)51-50(53)43-18-8-11-21-49(43)56-51/h1-32H. The van der Waals surface area contributed by atoms with Crippen LogP contribution < -0.4 is 0 Å². The molecule has 2 heterocycles. The van der Waals surface area contributed by atoms with Crippen LogP contribution in [0.5, 0.6) is 0 Å². The van der Waals surface area contributed by atoms with E-state index in [0.29, 0.717) is 5.82 Å². The molecule has 1 unspecified atom stereocenters. The van der Waals surface area contributed by atoms with Gasteiger partial charge in [-0.2, -0.15) is 0 Å². The Morgan fingerprint density at radius 3 is 1.82 bits per heavy atom. The average Bonchev–Trinajstić information content (AvgIpc) is 3.90. The minimum Gasteiger partial charge on any atom is -0.456 e. The fraction of sp³-hybridized carbons (Fsp3) is 0.0189. The molecule has 8 aromatic carbocycles. The third kappa shape index (κ3) is 4.40. The van der Waals surface area contributed by atoms with Crippen molar-refractivity contribution in [2.75, 3.05) is 0 Å². The van der Waals surface area contributed by atoms with Gasteiger partial charge < -0.3 is 4.42 Å². The Kier molecular flexibility index (Phi) is 6.55. The Morgan fingerprint density at radius 1 is 0.375 bits per heavy atom. The van der Waals surface area contributed by atoms with Gasteiger partial charge in [-0.3, -0.25) is 0 Å². The van der Waals surface area contributed by atoms with Crippen LogP contribution in [0.25, 0.3) is 89.2 Å². The SMILES string of the molecule is c1ccc(-c2nc(-c3ccc(-c4ccc5c(c4)C4(c6ccccc6-5)c5ccccc5-c5oc6ccccc6c54)cc3)cc(-c3ccc4ccccc4c3)n2)cc1. The highest BCUT2D eigenvalue weighted by molar-refractivity contribution is 6.02. The first kappa shape index (κ1) is 31.0. The van der Waals surface area contributed by atoms with E-state index in [2.05, 4.69) is 176 Å². The number of hydrogen-bond donors (Lipinski definition) is 0. The number of aromatic nitrogens is 2. The molecule has 0 N–H and O–H groups in total. The molecule has 3 heteroatoms. The minimum atomic E-state index is -0.492. The molecule has 0 fully saturated rings. The van der Waals surface area contributed by atoms with E-state index in [4.69, 9.17) is 14.4 Å². The third-order valence-corrected chi connectivity index (χ3v) is 11.9. The molecule has 0 radical (unpaired) electrons. The van der Waals surface area contributed by atoms with Gasteiger partial charge in [-0.05, 0) is 74.0 Å². The molecule has 1 spiro atoms. The van der Waals surface area contributed by atoms with E-state index in [9.17, 15) is 0 Å². The largest absolute Gasteiger partial charge is 0.456 e. The summed E-state index contributed by atoms with van der Waals surface area (Å²) in [5.74, 6) is 1.68. The highest BCUT2D eigenvalue weighted by atomic mass is 16.3. The maximum Gasteiger partial charge on any atom is 0.160 e. The van der Waals surface area contributed by atoms with Crippen molar-refractivity contribution >= 4 is 21.7 Å². The molecular weight excluding hydrogens is 681 g/mol. The molecule has 0 aliphatic heterocycles. The summed E-state index contributed by atoms with van der Waals surface area (Å²) in [6.07, 6.45) is 0. The van der Waals surface area contributed by atoms with Crippen LogP contribution in [0, 0.1) is 0 Å². The summed E-state index contributed by atoms with van der Waals surface area (Å²) in [6.45, 7) is 0. The summed E-state index contributed by atoms with van der Waals surface area (Å²) < 4.78 is 6.71. The van der Waals surface area contributed by atoms with Gasteiger partial charge in [0, 0.05) is 33.2 Å². The summed E-state index contributed by atoms with van der Waals surface area (Å²) in [6, 6.07) is 69.5. The number of fused-ring (bicyclic) bond motifs is 13. The molecule has 12 rings (SSSR count). The van der Waals surface area contributed by atoms with Crippen molar-refractivity contribution in [3.63, 3.8) is 0 Å². The lowest BCUT2D eigenvalue weighted by molar-refractivity contribution is 0.628. The van der Waals surface area contributed by atoms with Crippen molar-refractivity contribution in [3.8, 4) is 67.5 Å². The molecule has 1 atom stereocenters.